The Morgan fingerprint density at radius 1 is 0.450 bits per heavy atom. The van der Waals surface area contributed by atoms with Gasteiger partial charge in [-0.2, -0.15) is 0 Å². The minimum absolute atomic E-state index is 0.00937. The highest BCUT2D eigenvalue weighted by Gasteiger charge is 2.14. The first-order valence-corrected chi connectivity index (χ1v) is 18.0. The quantitative estimate of drug-likeness (QED) is 0.0633. The maximum Gasteiger partial charge on any atom is 0.306 e. The van der Waals surface area contributed by atoms with E-state index in [2.05, 4.69) is 13.8 Å². The van der Waals surface area contributed by atoms with Gasteiger partial charge < -0.3 is 9.84 Å². The Kier molecular flexibility index (Phi) is 31.6. The van der Waals surface area contributed by atoms with Gasteiger partial charge in [-0.3, -0.25) is 9.59 Å². The van der Waals surface area contributed by atoms with Gasteiger partial charge in [0.2, 0.25) is 0 Å². The number of carbonyl (C=O) groups is 2. The minimum atomic E-state index is -0.692. The maximum atomic E-state index is 12.5. The lowest BCUT2D eigenvalue weighted by atomic mass is 10.0. The average Bonchev–Trinajstić information content (AvgIpc) is 2.93. The molecule has 0 spiro atoms. The van der Waals surface area contributed by atoms with Crippen molar-refractivity contribution in [3.05, 3.63) is 0 Å². The molecule has 0 heterocycles. The van der Waals surface area contributed by atoms with Crippen LogP contribution < -0.4 is 0 Å². The standard InChI is InChI=1S/C36H70O4/c1-3-5-7-9-10-11-12-13-14-15-16-17-18-19-20-25-29-33-36(39)40-34(30-26-8-6-4-2)31-27-23-21-22-24-28-32-35(37)38/h34H,3-33H2,1-2H3,(H,37,38). The zero-order chi connectivity index (χ0) is 29.4. The molecule has 4 heteroatoms. The smallest absolute Gasteiger partial charge is 0.306 e. The molecule has 0 amide bonds. The SMILES string of the molecule is CCCCCCCCCCCCCCCCCCCC(=O)OC(CCCCCC)CCCCCCCCC(=O)O. The summed E-state index contributed by atoms with van der Waals surface area (Å²) < 4.78 is 5.93. The Bertz CT molecular complexity index is 533. The summed E-state index contributed by atoms with van der Waals surface area (Å²) in [6.45, 7) is 4.51. The van der Waals surface area contributed by atoms with Gasteiger partial charge in [-0.05, 0) is 38.5 Å². The van der Waals surface area contributed by atoms with Gasteiger partial charge in [0.05, 0.1) is 0 Å². The van der Waals surface area contributed by atoms with Gasteiger partial charge in [-0.15, -0.1) is 0 Å². The van der Waals surface area contributed by atoms with Crippen molar-refractivity contribution in [1.29, 1.82) is 0 Å². The molecule has 0 bridgehead atoms. The van der Waals surface area contributed by atoms with Crippen LogP contribution in [0.3, 0.4) is 0 Å². The molecule has 0 fully saturated rings. The topological polar surface area (TPSA) is 63.6 Å². The fourth-order valence-electron chi connectivity index (χ4n) is 5.66. The summed E-state index contributed by atoms with van der Waals surface area (Å²) in [6.07, 6.45) is 37.1. The van der Waals surface area contributed by atoms with Crippen molar-refractivity contribution in [2.24, 2.45) is 0 Å². The Morgan fingerprint density at radius 2 is 0.750 bits per heavy atom. The summed E-state index contributed by atoms with van der Waals surface area (Å²) in [5.41, 5.74) is 0. The highest BCUT2D eigenvalue weighted by atomic mass is 16.5. The Morgan fingerprint density at radius 3 is 1.12 bits per heavy atom. The van der Waals surface area contributed by atoms with E-state index in [0.717, 1.165) is 70.6 Å². The predicted octanol–water partition coefficient (Wildman–Crippen LogP) is 12.1. The predicted molar refractivity (Wildman–Crippen MR) is 172 cm³/mol. The normalized spacial score (nSPS) is 12.1. The highest BCUT2D eigenvalue weighted by molar-refractivity contribution is 5.69. The fourth-order valence-corrected chi connectivity index (χ4v) is 5.66. The molecule has 0 aliphatic rings. The molecule has 238 valence electrons. The molecule has 1 atom stereocenters. The summed E-state index contributed by atoms with van der Waals surface area (Å²) in [4.78, 5) is 23.1. The van der Waals surface area contributed by atoms with E-state index in [-0.39, 0.29) is 18.5 Å². The molecule has 0 rings (SSSR count). The van der Waals surface area contributed by atoms with E-state index < -0.39 is 5.97 Å². The van der Waals surface area contributed by atoms with Crippen LogP contribution in [0.4, 0.5) is 0 Å². The van der Waals surface area contributed by atoms with Crippen LogP contribution in [-0.2, 0) is 14.3 Å². The third-order valence-corrected chi connectivity index (χ3v) is 8.33. The lowest BCUT2D eigenvalue weighted by Gasteiger charge is -2.18. The number of carbonyl (C=O) groups excluding carboxylic acids is 1. The maximum absolute atomic E-state index is 12.5. The number of rotatable bonds is 33. The first-order chi connectivity index (χ1) is 19.6. The van der Waals surface area contributed by atoms with Crippen LogP contribution >= 0.6 is 0 Å². The van der Waals surface area contributed by atoms with Crippen LogP contribution in [0, 0.1) is 0 Å². The first-order valence-electron chi connectivity index (χ1n) is 18.0. The highest BCUT2D eigenvalue weighted by Crippen LogP contribution is 2.18. The molecule has 0 aromatic heterocycles. The molecule has 0 saturated heterocycles. The summed E-state index contributed by atoms with van der Waals surface area (Å²) in [5, 5.41) is 8.72. The summed E-state index contributed by atoms with van der Waals surface area (Å²) >= 11 is 0. The van der Waals surface area contributed by atoms with E-state index in [9.17, 15) is 9.59 Å². The second-order valence-electron chi connectivity index (χ2n) is 12.4. The van der Waals surface area contributed by atoms with E-state index in [0.29, 0.717) is 6.42 Å². The number of hydrogen-bond acceptors (Lipinski definition) is 3. The van der Waals surface area contributed by atoms with Crippen molar-refractivity contribution in [1.82, 2.24) is 0 Å². The summed E-state index contributed by atoms with van der Waals surface area (Å²) in [7, 11) is 0. The zero-order valence-corrected chi connectivity index (χ0v) is 27.2. The van der Waals surface area contributed by atoms with Gasteiger partial charge in [0.25, 0.3) is 0 Å². The van der Waals surface area contributed by atoms with E-state index in [1.165, 1.54) is 116 Å². The van der Waals surface area contributed by atoms with Crippen molar-refractivity contribution in [3.63, 3.8) is 0 Å². The van der Waals surface area contributed by atoms with Crippen LogP contribution in [0.1, 0.15) is 213 Å². The lowest BCUT2D eigenvalue weighted by molar-refractivity contribution is -0.150. The molecule has 0 aliphatic carbocycles. The number of unbranched alkanes of at least 4 members (excludes halogenated alkanes) is 24. The second-order valence-corrected chi connectivity index (χ2v) is 12.4. The van der Waals surface area contributed by atoms with Gasteiger partial charge in [-0.1, -0.05) is 162 Å². The minimum Gasteiger partial charge on any atom is -0.481 e. The summed E-state index contributed by atoms with van der Waals surface area (Å²) in [5.74, 6) is -0.683. The monoisotopic (exact) mass is 567 g/mol. The largest absolute Gasteiger partial charge is 0.481 e. The molecule has 0 aliphatic heterocycles. The van der Waals surface area contributed by atoms with Crippen LogP contribution in [-0.4, -0.2) is 23.1 Å². The van der Waals surface area contributed by atoms with Gasteiger partial charge in [0, 0.05) is 12.8 Å². The van der Waals surface area contributed by atoms with Crippen LogP contribution in [0.15, 0.2) is 0 Å². The fraction of sp³-hybridized carbons (Fsp3) is 0.944. The molecule has 0 saturated carbocycles. The average molecular weight is 567 g/mol. The number of aliphatic carboxylic acids is 1. The Balaban J connectivity index is 3.71. The molecule has 0 aromatic rings. The number of carboxylic acid groups (broad SMARTS) is 1. The number of carboxylic acids is 1. The third-order valence-electron chi connectivity index (χ3n) is 8.33. The van der Waals surface area contributed by atoms with Crippen molar-refractivity contribution in [2.75, 3.05) is 0 Å². The molecule has 0 aromatic carbocycles. The number of ether oxygens (including phenoxy) is 1. The molecule has 4 nitrogen and oxygen atoms in total. The van der Waals surface area contributed by atoms with Crippen molar-refractivity contribution < 1.29 is 19.4 Å². The summed E-state index contributed by atoms with van der Waals surface area (Å²) in [6, 6.07) is 0. The van der Waals surface area contributed by atoms with E-state index in [1.54, 1.807) is 0 Å². The lowest BCUT2D eigenvalue weighted by Crippen LogP contribution is -2.18. The third kappa shape index (κ3) is 31.5. The van der Waals surface area contributed by atoms with Crippen LogP contribution in [0.5, 0.6) is 0 Å². The molecular formula is C36H70O4. The van der Waals surface area contributed by atoms with E-state index in [1.807, 2.05) is 0 Å². The number of esters is 1. The van der Waals surface area contributed by atoms with Crippen molar-refractivity contribution in [2.45, 2.75) is 219 Å². The Hall–Kier alpha value is -1.06. The Labute approximate surface area is 250 Å². The molecular weight excluding hydrogens is 496 g/mol. The van der Waals surface area contributed by atoms with Gasteiger partial charge in [-0.25, -0.2) is 0 Å². The molecule has 0 radical (unpaired) electrons. The van der Waals surface area contributed by atoms with E-state index >= 15 is 0 Å². The van der Waals surface area contributed by atoms with Crippen molar-refractivity contribution >= 4 is 11.9 Å². The van der Waals surface area contributed by atoms with Crippen LogP contribution in [0.25, 0.3) is 0 Å². The van der Waals surface area contributed by atoms with Crippen molar-refractivity contribution in [3.8, 4) is 0 Å². The van der Waals surface area contributed by atoms with E-state index in [4.69, 9.17) is 9.84 Å². The molecule has 40 heavy (non-hydrogen) atoms. The van der Waals surface area contributed by atoms with Gasteiger partial charge >= 0.3 is 11.9 Å². The van der Waals surface area contributed by atoms with Gasteiger partial charge in [0.1, 0.15) is 6.10 Å². The zero-order valence-electron chi connectivity index (χ0n) is 27.2. The molecule has 1 N–H and O–H groups in total. The second kappa shape index (κ2) is 32.5. The molecule has 1 unspecified atom stereocenters. The van der Waals surface area contributed by atoms with Gasteiger partial charge in [0.15, 0.2) is 0 Å². The van der Waals surface area contributed by atoms with Crippen LogP contribution in [0.2, 0.25) is 0 Å². The first kappa shape index (κ1) is 38.9. The number of hydrogen-bond donors (Lipinski definition) is 1.